The highest BCUT2D eigenvalue weighted by atomic mass is 16.5. The average molecular weight is 249 g/mol. The van der Waals surface area contributed by atoms with Gasteiger partial charge in [-0.25, -0.2) is 4.79 Å². The van der Waals surface area contributed by atoms with Gasteiger partial charge in [0.25, 0.3) is 0 Å². The van der Waals surface area contributed by atoms with E-state index in [0.29, 0.717) is 0 Å². The van der Waals surface area contributed by atoms with Crippen molar-refractivity contribution in [1.29, 1.82) is 0 Å². The second-order valence-corrected chi connectivity index (χ2v) is 4.67. The second kappa shape index (κ2) is 5.16. The summed E-state index contributed by atoms with van der Waals surface area (Å²) in [5.74, 6) is 0. The molecule has 1 aliphatic rings. The van der Waals surface area contributed by atoms with Crippen molar-refractivity contribution in [3.63, 3.8) is 0 Å². The Labute approximate surface area is 107 Å². The first-order chi connectivity index (χ1) is 8.58. The number of carbonyl (C=O) groups is 1. The molecular formula is C13H19N3O2. The number of anilines is 2. The minimum Gasteiger partial charge on any atom is -0.453 e. The second-order valence-electron chi connectivity index (χ2n) is 4.67. The van der Waals surface area contributed by atoms with Crippen molar-refractivity contribution in [2.75, 3.05) is 30.8 Å². The van der Waals surface area contributed by atoms with Crippen LogP contribution in [0, 0.1) is 6.92 Å². The number of amides is 1. The third-order valence-corrected chi connectivity index (χ3v) is 3.15. The summed E-state index contributed by atoms with van der Waals surface area (Å²) >= 11 is 0. The quantitative estimate of drug-likeness (QED) is 0.780. The van der Waals surface area contributed by atoms with E-state index in [2.05, 4.69) is 21.0 Å². The van der Waals surface area contributed by atoms with Gasteiger partial charge in [0.1, 0.15) is 0 Å². The maximum absolute atomic E-state index is 11.1. The van der Waals surface area contributed by atoms with Crippen LogP contribution in [0.2, 0.25) is 0 Å². The Morgan fingerprint density at radius 3 is 2.94 bits per heavy atom. The molecule has 1 aromatic carbocycles. The van der Waals surface area contributed by atoms with Crippen LogP contribution in [0.3, 0.4) is 0 Å². The summed E-state index contributed by atoms with van der Waals surface area (Å²) in [7, 11) is 1.38. The fourth-order valence-corrected chi connectivity index (χ4v) is 2.31. The van der Waals surface area contributed by atoms with Crippen LogP contribution < -0.4 is 16.0 Å². The summed E-state index contributed by atoms with van der Waals surface area (Å²) in [6, 6.07) is 6.16. The molecule has 1 heterocycles. The molecule has 1 saturated heterocycles. The van der Waals surface area contributed by atoms with Crippen LogP contribution >= 0.6 is 0 Å². The van der Waals surface area contributed by atoms with Gasteiger partial charge in [-0.2, -0.15) is 0 Å². The number of aryl methyl sites for hydroxylation is 1. The molecule has 0 bridgehead atoms. The van der Waals surface area contributed by atoms with E-state index in [1.165, 1.54) is 7.11 Å². The first kappa shape index (κ1) is 12.5. The summed E-state index contributed by atoms with van der Waals surface area (Å²) in [5, 5.41) is 2.82. The van der Waals surface area contributed by atoms with Crippen molar-refractivity contribution >= 4 is 17.5 Å². The number of hydrogen-bond acceptors (Lipinski definition) is 4. The fourth-order valence-electron chi connectivity index (χ4n) is 2.31. The number of nitrogens with zero attached hydrogens (tertiary/aromatic N) is 1. The lowest BCUT2D eigenvalue weighted by molar-refractivity contribution is 0.167. The van der Waals surface area contributed by atoms with Crippen LogP contribution in [0.25, 0.3) is 0 Å². The number of hydrogen-bond donors (Lipinski definition) is 2. The summed E-state index contributed by atoms with van der Waals surface area (Å²) in [5.41, 5.74) is 8.88. The van der Waals surface area contributed by atoms with Gasteiger partial charge in [0.05, 0.1) is 13.2 Å². The Balaban J connectivity index is 2.01. The van der Waals surface area contributed by atoms with E-state index < -0.39 is 0 Å². The smallest absolute Gasteiger partial charge is 0.407 e. The van der Waals surface area contributed by atoms with E-state index in [-0.39, 0.29) is 12.1 Å². The number of ether oxygens (including phenoxy) is 1. The summed E-state index contributed by atoms with van der Waals surface area (Å²) in [4.78, 5) is 13.4. The number of nitrogens with two attached hydrogens (primary N) is 1. The molecule has 3 N–H and O–H groups in total. The third-order valence-electron chi connectivity index (χ3n) is 3.15. The Hall–Kier alpha value is -1.91. The predicted octanol–water partition coefficient (Wildman–Crippen LogP) is 1.51. The number of alkyl carbamates (subject to hydrolysis) is 1. The molecule has 5 nitrogen and oxygen atoms in total. The molecule has 2 rings (SSSR count). The molecule has 1 aromatic rings. The SMILES string of the molecule is COC(=O)NC1CCN(c2cc(C)cc(N)c2)C1. The van der Waals surface area contributed by atoms with Gasteiger partial charge in [-0.15, -0.1) is 0 Å². The molecule has 1 unspecified atom stereocenters. The van der Waals surface area contributed by atoms with Gasteiger partial charge in [0.15, 0.2) is 0 Å². The topological polar surface area (TPSA) is 67.6 Å². The van der Waals surface area contributed by atoms with E-state index >= 15 is 0 Å². The van der Waals surface area contributed by atoms with Gasteiger partial charge in [-0.1, -0.05) is 0 Å². The summed E-state index contributed by atoms with van der Waals surface area (Å²) in [6.07, 6.45) is 0.550. The molecular weight excluding hydrogens is 230 g/mol. The van der Waals surface area contributed by atoms with Crippen molar-refractivity contribution in [3.05, 3.63) is 23.8 Å². The number of benzene rings is 1. The number of nitrogen functional groups attached to an aromatic ring is 1. The third kappa shape index (κ3) is 2.85. The van der Waals surface area contributed by atoms with Crippen LogP contribution in [0.4, 0.5) is 16.2 Å². The molecule has 0 aliphatic carbocycles. The van der Waals surface area contributed by atoms with Gasteiger partial charge in [-0.05, 0) is 37.1 Å². The van der Waals surface area contributed by atoms with E-state index in [4.69, 9.17) is 5.73 Å². The zero-order valence-electron chi connectivity index (χ0n) is 10.8. The zero-order chi connectivity index (χ0) is 13.1. The highest BCUT2D eigenvalue weighted by molar-refractivity contribution is 5.68. The van der Waals surface area contributed by atoms with Gasteiger partial charge in [-0.3, -0.25) is 0 Å². The monoisotopic (exact) mass is 249 g/mol. The minimum atomic E-state index is -0.370. The minimum absolute atomic E-state index is 0.138. The Morgan fingerprint density at radius 1 is 1.50 bits per heavy atom. The van der Waals surface area contributed by atoms with Crippen molar-refractivity contribution < 1.29 is 9.53 Å². The number of nitrogens with one attached hydrogen (secondary N) is 1. The van der Waals surface area contributed by atoms with Crippen LogP contribution in [0.15, 0.2) is 18.2 Å². The lowest BCUT2D eigenvalue weighted by Crippen LogP contribution is -2.36. The van der Waals surface area contributed by atoms with Gasteiger partial charge >= 0.3 is 6.09 Å². The van der Waals surface area contributed by atoms with Crippen LogP contribution in [-0.4, -0.2) is 32.3 Å². The molecule has 18 heavy (non-hydrogen) atoms. The van der Waals surface area contributed by atoms with E-state index in [9.17, 15) is 4.79 Å². The van der Waals surface area contributed by atoms with E-state index in [0.717, 1.165) is 36.4 Å². The first-order valence-electron chi connectivity index (χ1n) is 6.05. The molecule has 5 heteroatoms. The number of carbonyl (C=O) groups excluding carboxylic acids is 1. The van der Waals surface area contributed by atoms with Gasteiger partial charge in [0.2, 0.25) is 0 Å². The molecule has 0 aromatic heterocycles. The van der Waals surface area contributed by atoms with Crippen molar-refractivity contribution in [2.45, 2.75) is 19.4 Å². The van der Waals surface area contributed by atoms with Crippen molar-refractivity contribution in [3.8, 4) is 0 Å². The highest BCUT2D eigenvalue weighted by Crippen LogP contribution is 2.24. The van der Waals surface area contributed by atoms with Crippen LogP contribution in [0.1, 0.15) is 12.0 Å². The lowest BCUT2D eigenvalue weighted by Gasteiger charge is -2.20. The van der Waals surface area contributed by atoms with E-state index in [1.54, 1.807) is 0 Å². The molecule has 0 spiro atoms. The normalized spacial score (nSPS) is 18.8. The standard InChI is InChI=1S/C13H19N3O2/c1-9-5-10(14)7-12(6-9)16-4-3-11(8-16)15-13(17)18-2/h5-7,11H,3-4,8,14H2,1-2H3,(H,15,17). The lowest BCUT2D eigenvalue weighted by atomic mass is 10.2. The van der Waals surface area contributed by atoms with Crippen molar-refractivity contribution in [1.82, 2.24) is 5.32 Å². The Kier molecular flexibility index (Phi) is 3.60. The molecule has 98 valence electrons. The number of rotatable bonds is 2. The van der Waals surface area contributed by atoms with Gasteiger partial charge in [0, 0.05) is 24.5 Å². The predicted molar refractivity (Wildman–Crippen MR) is 71.8 cm³/mol. The first-order valence-corrected chi connectivity index (χ1v) is 6.05. The maximum Gasteiger partial charge on any atom is 0.407 e. The molecule has 1 atom stereocenters. The Bertz CT molecular complexity index is 428. The zero-order valence-corrected chi connectivity index (χ0v) is 10.8. The molecule has 1 fully saturated rings. The average Bonchev–Trinajstić information content (AvgIpc) is 2.76. The Morgan fingerprint density at radius 2 is 2.28 bits per heavy atom. The fraction of sp³-hybridized carbons (Fsp3) is 0.462. The molecule has 0 radical (unpaired) electrons. The maximum atomic E-state index is 11.1. The van der Waals surface area contributed by atoms with E-state index in [1.807, 2.05) is 19.1 Å². The van der Waals surface area contributed by atoms with Gasteiger partial charge < -0.3 is 20.7 Å². The molecule has 0 saturated carbocycles. The molecule has 1 aliphatic heterocycles. The number of methoxy groups -OCH3 is 1. The molecule has 1 amide bonds. The summed E-state index contributed by atoms with van der Waals surface area (Å²) < 4.78 is 4.60. The van der Waals surface area contributed by atoms with Crippen LogP contribution in [-0.2, 0) is 4.74 Å². The highest BCUT2D eigenvalue weighted by Gasteiger charge is 2.24. The van der Waals surface area contributed by atoms with Crippen LogP contribution in [0.5, 0.6) is 0 Å². The summed E-state index contributed by atoms with van der Waals surface area (Å²) in [6.45, 7) is 3.73. The van der Waals surface area contributed by atoms with Crippen molar-refractivity contribution in [2.24, 2.45) is 0 Å². The largest absolute Gasteiger partial charge is 0.453 e.